The van der Waals surface area contributed by atoms with Gasteiger partial charge in [-0.3, -0.25) is 9.59 Å². The zero-order chi connectivity index (χ0) is 27.7. The fourth-order valence-electron chi connectivity index (χ4n) is 3.79. The number of carbonyl (C=O) groups excluding carboxylic acids is 2. The maximum Gasteiger partial charge on any atom is 0.247 e. The molecule has 3 aromatic rings. The number of hydrogen-bond acceptors (Lipinski definition) is 8. The highest BCUT2D eigenvalue weighted by Gasteiger charge is 2.32. The van der Waals surface area contributed by atoms with Crippen LogP contribution < -0.4 is 10.1 Å². The standard InChI is InChI=1S/C26H33FN6O5/c1-17(2)11-12-28-26(37)24(19-7-10-21(35)22(15-19)38-3)32(13-4-14-34)23(36)16-33-30-25(29-31-33)18-5-8-20(27)9-6-18/h5-10,15,17,24,34-35H,4,11-14,16H2,1-3H3,(H,28,37). The number of benzene rings is 2. The van der Waals surface area contributed by atoms with E-state index >= 15 is 0 Å². The van der Waals surface area contributed by atoms with Crippen LogP contribution in [0.25, 0.3) is 11.4 Å². The highest BCUT2D eigenvalue weighted by molar-refractivity contribution is 5.88. The molecule has 1 unspecified atom stereocenters. The molecule has 38 heavy (non-hydrogen) atoms. The Morgan fingerprint density at radius 1 is 1.18 bits per heavy atom. The van der Waals surface area contributed by atoms with E-state index in [2.05, 4.69) is 20.7 Å². The van der Waals surface area contributed by atoms with E-state index in [1.54, 1.807) is 6.07 Å². The van der Waals surface area contributed by atoms with Gasteiger partial charge in [0.25, 0.3) is 0 Å². The van der Waals surface area contributed by atoms with Gasteiger partial charge in [0.1, 0.15) is 18.4 Å². The molecule has 2 aromatic carbocycles. The van der Waals surface area contributed by atoms with Crippen molar-refractivity contribution in [1.82, 2.24) is 30.4 Å². The van der Waals surface area contributed by atoms with Crippen molar-refractivity contribution in [3.8, 4) is 22.9 Å². The predicted octanol–water partition coefficient (Wildman–Crippen LogP) is 2.31. The number of aliphatic hydroxyl groups is 1. The molecule has 0 aliphatic rings. The van der Waals surface area contributed by atoms with Crippen LogP contribution in [0.4, 0.5) is 4.39 Å². The molecule has 0 saturated heterocycles. The number of nitrogens with zero attached hydrogens (tertiary/aromatic N) is 5. The number of tetrazole rings is 1. The number of hydrogen-bond donors (Lipinski definition) is 3. The molecule has 0 spiro atoms. The Kier molecular flexibility index (Phi) is 10.1. The molecule has 3 rings (SSSR count). The van der Waals surface area contributed by atoms with Crippen LogP contribution >= 0.6 is 0 Å². The van der Waals surface area contributed by atoms with Gasteiger partial charge in [-0.15, -0.1) is 10.2 Å². The van der Waals surface area contributed by atoms with Gasteiger partial charge in [0.15, 0.2) is 11.5 Å². The third-order valence-corrected chi connectivity index (χ3v) is 5.81. The van der Waals surface area contributed by atoms with Crippen molar-refractivity contribution in [3.63, 3.8) is 0 Å². The van der Waals surface area contributed by atoms with Crippen LogP contribution in [0, 0.1) is 11.7 Å². The van der Waals surface area contributed by atoms with Gasteiger partial charge in [-0.25, -0.2) is 4.39 Å². The lowest BCUT2D eigenvalue weighted by Gasteiger charge is -2.31. The van der Waals surface area contributed by atoms with Crippen molar-refractivity contribution in [2.24, 2.45) is 5.92 Å². The molecule has 2 amide bonds. The molecule has 0 radical (unpaired) electrons. The number of ether oxygens (including phenoxy) is 1. The second-order valence-electron chi connectivity index (χ2n) is 9.12. The first-order valence-electron chi connectivity index (χ1n) is 12.3. The Hall–Kier alpha value is -4.06. The fraction of sp³-hybridized carbons (Fsp3) is 0.423. The lowest BCUT2D eigenvalue weighted by molar-refractivity contribution is -0.142. The minimum Gasteiger partial charge on any atom is -0.504 e. The Balaban J connectivity index is 1.91. The summed E-state index contributed by atoms with van der Waals surface area (Å²) in [5, 5.41) is 34.5. The minimum absolute atomic E-state index is 0.0698. The van der Waals surface area contributed by atoms with E-state index in [9.17, 15) is 24.2 Å². The molecule has 3 N–H and O–H groups in total. The van der Waals surface area contributed by atoms with Crippen LogP contribution in [0.2, 0.25) is 0 Å². The molecular formula is C26H33FN6O5. The Labute approximate surface area is 220 Å². The van der Waals surface area contributed by atoms with E-state index < -0.39 is 23.7 Å². The first-order chi connectivity index (χ1) is 18.2. The van der Waals surface area contributed by atoms with Crippen molar-refractivity contribution in [2.75, 3.05) is 26.8 Å². The number of halogens is 1. The van der Waals surface area contributed by atoms with Crippen LogP contribution in [0.3, 0.4) is 0 Å². The van der Waals surface area contributed by atoms with E-state index in [4.69, 9.17) is 4.74 Å². The number of nitrogens with one attached hydrogen (secondary N) is 1. The summed E-state index contributed by atoms with van der Waals surface area (Å²) in [5.41, 5.74) is 0.951. The summed E-state index contributed by atoms with van der Waals surface area (Å²) in [6, 6.07) is 8.91. The lowest BCUT2D eigenvalue weighted by Crippen LogP contribution is -2.46. The van der Waals surface area contributed by atoms with E-state index in [1.165, 1.54) is 48.4 Å². The highest BCUT2D eigenvalue weighted by atomic mass is 19.1. The highest BCUT2D eigenvalue weighted by Crippen LogP contribution is 2.32. The van der Waals surface area contributed by atoms with Gasteiger partial charge in [0.05, 0.1) is 7.11 Å². The number of methoxy groups -OCH3 is 1. The quantitative estimate of drug-likeness (QED) is 0.307. The lowest BCUT2D eigenvalue weighted by atomic mass is 10.0. The molecular weight excluding hydrogens is 495 g/mol. The van der Waals surface area contributed by atoms with Crippen molar-refractivity contribution in [3.05, 3.63) is 53.8 Å². The van der Waals surface area contributed by atoms with Gasteiger partial charge in [0, 0.05) is 25.3 Å². The van der Waals surface area contributed by atoms with Gasteiger partial charge in [0.2, 0.25) is 17.6 Å². The third kappa shape index (κ3) is 7.48. The first-order valence-corrected chi connectivity index (χ1v) is 12.3. The number of aromatic hydroxyl groups is 1. The molecule has 0 aliphatic carbocycles. The summed E-state index contributed by atoms with van der Waals surface area (Å²) in [6.45, 7) is 4.04. The average molecular weight is 529 g/mol. The second kappa shape index (κ2) is 13.5. The molecule has 0 aliphatic heterocycles. The molecule has 1 aromatic heterocycles. The average Bonchev–Trinajstić information content (AvgIpc) is 3.35. The molecule has 0 fully saturated rings. The van der Waals surface area contributed by atoms with Crippen LogP contribution in [0.1, 0.15) is 38.3 Å². The number of phenolic OH excluding ortho intramolecular Hbond substituents is 1. The Morgan fingerprint density at radius 2 is 1.92 bits per heavy atom. The van der Waals surface area contributed by atoms with E-state index in [0.29, 0.717) is 23.6 Å². The number of aliphatic hydroxyl groups excluding tert-OH is 1. The van der Waals surface area contributed by atoms with Gasteiger partial charge >= 0.3 is 0 Å². The molecule has 204 valence electrons. The van der Waals surface area contributed by atoms with Crippen LogP contribution in [0.15, 0.2) is 42.5 Å². The summed E-state index contributed by atoms with van der Waals surface area (Å²) in [6.07, 6.45) is 0.972. The number of amides is 2. The van der Waals surface area contributed by atoms with Crippen LogP contribution in [-0.4, -0.2) is 73.9 Å². The van der Waals surface area contributed by atoms with Gasteiger partial charge in [-0.2, -0.15) is 4.80 Å². The Morgan fingerprint density at radius 3 is 2.58 bits per heavy atom. The molecule has 11 nitrogen and oxygen atoms in total. The van der Waals surface area contributed by atoms with Gasteiger partial charge in [-0.1, -0.05) is 19.9 Å². The normalized spacial score (nSPS) is 11.8. The Bertz CT molecular complexity index is 1220. The van der Waals surface area contributed by atoms with Crippen molar-refractivity contribution in [1.29, 1.82) is 0 Å². The predicted molar refractivity (Wildman–Crippen MR) is 136 cm³/mol. The maximum atomic E-state index is 13.5. The number of aromatic nitrogens is 4. The summed E-state index contributed by atoms with van der Waals surface area (Å²) >= 11 is 0. The van der Waals surface area contributed by atoms with Crippen LogP contribution in [0.5, 0.6) is 11.5 Å². The zero-order valence-electron chi connectivity index (χ0n) is 21.7. The number of rotatable bonds is 13. The second-order valence-corrected chi connectivity index (χ2v) is 9.12. The van der Waals surface area contributed by atoms with E-state index in [0.717, 1.165) is 11.2 Å². The topological polar surface area (TPSA) is 143 Å². The van der Waals surface area contributed by atoms with E-state index in [-0.39, 0.29) is 43.4 Å². The van der Waals surface area contributed by atoms with Gasteiger partial charge in [-0.05, 0) is 65.9 Å². The first kappa shape index (κ1) is 28.5. The summed E-state index contributed by atoms with van der Waals surface area (Å²) in [4.78, 5) is 29.4. The smallest absolute Gasteiger partial charge is 0.247 e. The molecule has 12 heteroatoms. The third-order valence-electron chi connectivity index (χ3n) is 5.81. The van der Waals surface area contributed by atoms with Crippen molar-refractivity contribution < 1.29 is 28.9 Å². The molecule has 1 atom stereocenters. The van der Waals surface area contributed by atoms with Crippen LogP contribution in [-0.2, 0) is 16.1 Å². The number of carbonyl (C=O) groups is 2. The van der Waals surface area contributed by atoms with Crippen molar-refractivity contribution >= 4 is 11.8 Å². The summed E-state index contributed by atoms with van der Waals surface area (Å²) < 4.78 is 18.5. The van der Waals surface area contributed by atoms with E-state index in [1.807, 2.05) is 13.8 Å². The molecule has 0 bridgehead atoms. The van der Waals surface area contributed by atoms with Crippen molar-refractivity contribution in [2.45, 2.75) is 39.3 Å². The monoisotopic (exact) mass is 528 g/mol. The zero-order valence-corrected chi connectivity index (χ0v) is 21.7. The number of phenols is 1. The maximum absolute atomic E-state index is 13.5. The SMILES string of the molecule is COc1cc(C(C(=O)NCCC(C)C)N(CCCO)C(=O)Cn2nnc(-c3ccc(F)cc3)n2)ccc1O. The minimum atomic E-state index is -1.07. The fourth-order valence-corrected chi connectivity index (χ4v) is 3.79. The molecule has 0 saturated carbocycles. The van der Waals surface area contributed by atoms with Gasteiger partial charge < -0.3 is 25.2 Å². The largest absolute Gasteiger partial charge is 0.504 e. The molecule has 1 heterocycles. The summed E-state index contributed by atoms with van der Waals surface area (Å²) in [5.74, 6) is -0.683. The summed E-state index contributed by atoms with van der Waals surface area (Å²) in [7, 11) is 1.39.